The minimum absolute atomic E-state index is 0.0191. The number of amides is 1. The summed E-state index contributed by atoms with van der Waals surface area (Å²) in [5.74, 6) is 1.26. The van der Waals surface area contributed by atoms with Gasteiger partial charge in [-0.25, -0.2) is 0 Å². The van der Waals surface area contributed by atoms with Gasteiger partial charge in [0.2, 0.25) is 5.91 Å². The van der Waals surface area contributed by atoms with E-state index in [2.05, 4.69) is 22.3 Å². The molecule has 0 aliphatic carbocycles. The van der Waals surface area contributed by atoms with Crippen LogP contribution in [0.4, 0.5) is 0 Å². The van der Waals surface area contributed by atoms with Crippen molar-refractivity contribution in [3.05, 3.63) is 59.7 Å². The molecule has 6 nitrogen and oxygen atoms in total. The monoisotopic (exact) mass is 384 g/mol. The zero-order chi connectivity index (χ0) is 19.8. The van der Waals surface area contributed by atoms with E-state index >= 15 is 0 Å². The predicted octanol–water partition coefficient (Wildman–Crippen LogP) is 2.44. The SMILES string of the molecule is COc1ccc(CC(=O)NC(CN2CCOCC2)c2ccccc2)cc1OC. The summed E-state index contributed by atoms with van der Waals surface area (Å²) in [5.41, 5.74) is 1.99. The van der Waals surface area contributed by atoms with Gasteiger partial charge in [0.1, 0.15) is 0 Å². The number of morpholine rings is 1. The van der Waals surface area contributed by atoms with Crippen molar-refractivity contribution in [3.63, 3.8) is 0 Å². The zero-order valence-corrected chi connectivity index (χ0v) is 16.5. The van der Waals surface area contributed by atoms with Crippen LogP contribution in [0.2, 0.25) is 0 Å². The Morgan fingerprint density at radius 1 is 1.07 bits per heavy atom. The fourth-order valence-electron chi connectivity index (χ4n) is 3.38. The average molecular weight is 384 g/mol. The lowest BCUT2D eigenvalue weighted by Gasteiger charge is -2.31. The van der Waals surface area contributed by atoms with Crippen molar-refractivity contribution in [2.45, 2.75) is 12.5 Å². The fourth-order valence-corrected chi connectivity index (χ4v) is 3.38. The molecule has 0 radical (unpaired) electrons. The van der Waals surface area contributed by atoms with E-state index in [0.717, 1.165) is 44.0 Å². The van der Waals surface area contributed by atoms with Crippen LogP contribution >= 0.6 is 0 Å². The van der Waals surface area contributed by atoms with Crippen molar-refractivity contribution in [2.24, 2.45) is 0 Å². The Balaban J connectivity index is 1.68. The van der Waals surface area contributed by atoms with Crippen LogP contribution in [0.5, 0.6) is 11.5 Å². The van der Waals surface area contributed by atoms with Crippen LogP contribution in [0.1, 0.15) is 17.2 Å². The lowest BCUT2D eigenvalue weighted by Crippen LogP contribution is -2.43. The molecule has 1 amide bonds. The third-order valence-corrected chi connectivity index (χ3v) is 4.89. The Labute approximate surface area is 166 Å². The van der Waals surface area contributed by atoms with Gasteiger partial charge in [-0.15, -0.1) is 0 Å². The molecule has 1 N–H and O–H groups in total. The van der Waals surface area contributed by atoms with Gasteiger partial charge in [-0.3, -0.25) is 9.69 Å². The molecule has 28 heavy (non-hydrogen) atoms. The molecule has 2 aromatic rings. The number of carbonyl (C=O) groups is 1. The molecule has 0 spiro atoms. The van der Waals surface area contributed by atoms with E-state index in [4.69, 9.17) is 14.2 Å². The molecule has 0 saturated carbocycles. The third-order valence-electron chi connectivity index (χ3n) is 4.89. The maximum atomic E-state index is 12.8. The van der Waals surface area contributed by atoms with Gasteiger partial charge >= 0.3 is 0 Å². The Hall–Kier alpha value is -2.57. The largest absolute Gasteiger partial charge is 0.493 e. The van der Waals surface area contributed by atoms with Crippen molar-refractivity contribution in [1.82, 2.24) is 10.2 Å². The van der Waals surface area contributed by atoms with Gasteiger partial charge in [-0.05, 0) is 23.3 Å². The average Bonchev–Trinajstić information content (AvgIpc) is 2.74. The first-order chi connectivity index (χ1) is 13.7. The number of benzene rings is 2. The van der Waals surface area contributed by atoms with Crippen molar-refractivity contribution in [1.29, 1.82) is 0 Å². The maximum Gasteiger partial charge on any atom is 0.224 e. The van der Waals surface area contributed by atoms with Gasteiger partial charge in [0.25, 0.3) is 0 Å². The summed E-state index contributed by atoms with van der Waals surface area (Å²) in [6.07, 6.45) is 0.285. The Morgan fingerprint density at radius 3 is 2.46 bits per heavy atom. The second-order valence-corrected chi connectivity index (χ2v) is 6.81. The van der Waals surface area contributed by atoms with E-state index in [-0.39, 0.29) is 18.4 Å². The molecule has 1 aliphatic rings. The van der Waals surface area contributed by atoms with E-state index in [1.54, 1.807) is 14.2 Å². The molecular weight excluding hydrogens is 356 g/mol. The minimum atomic E-state index is -0.0630. The highest BCUT2D eigenvalue weighted by Gasteiger charge is 2.20. The summed E-state index contributed by atoms with van der Waals surface area (Å²) in [6.45, 7) is 4.01. The molecular formula is C22H28N2O4. The second-order valence-electron chi connectivity index (χ2n) is 6.81. The summed E-state index contributed by atoms with van der Waals surface area (Å²) in [7, 11) is 3.19. The second kappa shape index (κ2) is 10.1. The van der Waals surface area contributed by atoms with Crippen LogP contribution in [0.15, 0.2) is 48.5 Å². The molecule has 2 aromatic carbocycles. The Kier molecular flexibility index (Phi) is 7.28. The van der Waals surface area contributed by atoms with E-state index < -0.39 is 0 Å². The maximum absolute atomic E-state index is 12.8. The number of nitrogens with zero attached hydrogens (tertiary/aromatic N) is 1. The van der Waals surface area contributed by atoms with Crippen LogP contribution in [-0.2, 0) is 16.0 Å². The summed E-state index contributed by atoms with van der Waals surface area (Å²) < 4.78 is 16.0. The van der Waals surface area contributed by atoms with Crippen LogP contribution in [-0.4, -0.2) is 57.9 Å². The molecule has 3 rings (SSSR count). The van der Waals surface area contributed by atoms with Gasteiger partial charge in [-0.1, -0.05) is 36.4 Å². The summed E-state index contributed by atoms with van der Waals surface area (Å²) in [5, 5.41) is 3.20. The first-order valence-corrected chi connectivity index (χ1v) is 9.55. The minimum Gasteiger partial charge on any atom is -0.493 e. The number of hydrogen-bond donors (Lipinski definition) is 1. The first kappa shape index (κ1) is 20.2. The van der Waals surface area contributed by atoms with Gasteiger partial charge in [0.15, 0.2) is 11.5 Å². The predicted molar refractivity (Wildman–Crippen MR) is 108 cm³/mol. The Bertz CT molecular complexity index is 760. The number of ether oxygens (including phenoxy) is 3. The van der Waals surface area contributed by atoms with Crippen molar-refractivity contribution in [3.8, 4) is 11.5 Å². The number of nitrogens with one attached hydrogen (secondary N) is 1. The number of methoxy groups -OCH3 is 2. The van der Waals surface area contributed by atoms with Crippen LogP contribution in [0, 0.1) is 0 Å². The van der Waals surface area contributed by atoms with Gasteiger partial charge < -0.3 is 19.5 Å². The molecule has 1 aliphatic heterocycles. The van der Waals surface area contributed by atoms with Crippen LogP contribution < -0.4 is 14.8 Å². The lowest BCUT2D eigenvalue weighted by atomic mass is 10.0. The Morgan fingerprint density at radius 2 is 1.79 bits per heavy atom. The normalized spacial score (nSPS) is 15.6. The molecule has 150 valence electrons. The number of rotatable bonds is 8. The van der Waals surface area contributed by atoms with Crippen LogP contribution in [0.25, 0.3) is 0 Å². The standard InChI is InChI=1S/C22H28N2O4/c1-26-20-9-8-17(14-21(20)27-2)15-22(25)23-19(18-6-4-3-5-7-18)16-24-10-12-28-13-11-24/h3-9,14,19H,10-13,15-16H2,1-2H3,(H,23,25). The molecule has 1 saturated heterocycles. The van der Waals surface area contributed by atoms with E-state index in [1.807, 2.05) is 36.4 Å². The highest BCUT2D eigenvalue weighted by Crippen LogP contribution is 2.27. The van der Waals surface area contributed by atoms with Gasteiger partial charge in [0.05, 0.1) is 39.9 Å². The summed E-state index contributed by atoms with van der Waals surface area (Å²) in [6, 6.07) is 15.6. The molecule has 6 heteroatoms. The highest BCUT2D eigenvalue weighted by atomic mass is 16.5. The molecule has 1 fully saturated rings. The molecule has 0 bridgehead atoms. The van der Waals surface area contributed by atoms with Crippen LogP contribution in [0.3, 0.4) is 0 Å². The molecule has 1 heterocycles. The first-order valence-electron chi connectivity index (χ1n) is 9.55. The lowest BCUT2D eigenvalue weighted by molar-refractivity contribution is -0.121. The molecule has 1 unspecified atom stereocenters. The molecule has 0 aromatic heterocycles. The number of carbonyl (C=O) groups excluding carboxylic acids is 1. The van der Waals surface area contributed by atoms with Gasteiger partial charge in [0, 0.05) is 19.6 Å². The van der Waals surface area contributed by atoms with Crippen molar-refractivity contribution < 1.29 is 19.0 Å². The van der Waals surface area contributed by atoms with Gasteiger partial charge in [-0.2, -0.15) is 0 Å². The highest BCUT2D eigenvalue weighted by molar-refractivity contribution is 5.79. The summed E-state index contributed by atoms with van der Waals surface area (Å²) >= 11 is 0. The van der Waals surface area contributed by atoms with Crippen molar-refractivity contribution >= 4 is 5.91 Å². The quantitative estimate of drug-likeness (QED) is 0.758. The summed E-state index contributed by atoms with van der Waals surface area (Å²) in [4.78, 5) is 15.1. The topological polar surface area (TPSA) is 60.0 Å². The van der Waals surface area contributed by atoms with E-state index in [1.165, 1.54) is 0 Å². The number of hydrogen-bond acceptors (Lipinski definition) is 5. The zero-order valence-electron chi connectivity index (χ0n) is 16.5. The van der Waals surface area contributed by atoms with Crippen molar-refractivity contribution in [2.75, 3.05) is 47.1 Å². The fraction of sp³-hybridized carbons (Fsp3) is 0.409. The molecule has 1 atom stereocenters. The third kappa shape index (κ3) is 5.47. The van der Waals surface area contributed by atoms with E-state index in [0.29, 0.717) is 11.5 Å². The smallest absolute Gasteiger partial charge is 0.224 e. The van der Waals surface area contributed by atoms with E-state index in [9.17, 15) is 4.79 Å².